The molecule has 74 valence electrons. The molecule has 0 atom stereocenters. The van der Waals surface area contributed by atoms with Gasteiger partial charge in [0, 0.05) is 13.1 Å². The van der Waals surface area contributed by atoms with E-state index in [4.69, 9.17) is 0 Å². The molecule has 1 aromatic rings. The van der Waals surface area contributed by atoms with E-state index in [-0.39, 0.29) is 0 Å². The van der Waals surface area contributed by atoms with Crippen LogP contribution in [-0.4, -0.2) is 6.54 Å². The average Bonchev–Trinajstić information content (AvgIpc) is 3.03. The largest absolute Gasteiger partial charge is 0.309 e. The van der Waals surface area contributed by atoms with Gasteiger partial charge in [-0.2, -0.15) is 0 Å². The van der Waals surface area contributed by atoms with Crippen molar-refractivity contribution >= 4 is 0 Å². The molecule has 0 amide bonds. The topological polar surface area (TPSA) is 12.0 Å². The second-order valence-corrected chi connectivity index (χ2v) is 3.88. The lowest BCUT2D eigenvalue weighted by Gasteiger charge is -2.00. The Balaban J connectivity index is 1.62. The van der Waals surface area contributed by atoms with Crippen LogP contribution in [0.1, 0.15) is 18.4 Å². The van der Waals surface area contributed by atoms with Gasteiger partial charge >= 0.3 is 0 Å². The van der Waals surface area contributed by atoms with E-state index in [1.165, 1.54) is 18.4 Å². The van der Waals surface area contributed by atoms with Crippen LogP contribution < -0.4 is 5.32 Å². The van der Waals surface area contributed by atoms with Crippen LogP contribution in [0.15, 0.2) is 42.5 Å². The molecule has 1 fully saturated rings. The highest BCUT2D eigenvalue weighted by Gasteiger charge is 2.16. The highest BCUT2D eigenvalue weighted by atomic mass is 14.8. The number of benzene rings is 1. The van der Waals surface area contributed by atoms with Gasteiger partial charge < -0.3 is 5.32 Å². The van der Waals surface area contributed by atoms with Crippen molar-refractivity contribution in [3.63, 3.8) is 0 Å². The molecule has 0 radical (unpaired) electrons. The monoisotopic (exact) mass is 187 g/mol. The molecule has 1 aliphatic carbocycles. The zero-order valence-electron chi connectivity index (χ0n) is 8.45. The standard InChI is InChI=1S/C13H17N/c1-2-5-13(6-3-1)11-14-10-4-7-12-8-9-12/h1-7,12,14H,8-11H2/b7-4+. The summed E-state index contributed by atoms with van der Waals surface area (Å²) in [6.07, 6.45) is 7.38. The van der Waals surface area contributed by atoms with E-state index in [1.807, 2.05) is 0 Å². The first-order chi connectivity index (χ1) is 6.95. The predicted molar refractivity (Wildman–Crippen MR) is 60.0 cm³/mol. The maximum atomic E-state index is 3.40. The Hall–Kier alpha value is -1.08. The summed E-state index contributed by atoms with van der Waals surface area (Å²) in [5, 5.41) is 3.40. The molecule has 0 unspecified atom stereocenters. The molecule has 1 saturated carbocycles. The third kappa shape index (κ3) is 3.35. The number of allylic oxidation sites excluding steroid dienone is 1. The molecule has 1 heteroatoms. The lowest BCUT2D eigenvalue weighted by atomic mass is 10.2. The van der Waals surface area contributed by atoms with Crippen molar-refractivity contribution in [2.45, 2.75) is 19.4 Å². The third-order valence-electron chi connectivity index (χ3n) is 2.46. The fourth-order valence-electron chi connectivity index (χ4n) is 1.44. The van der Waals surface area contributed by atoms with Crippen molar-refractivity contribution in [2.24, 2.45) is 5.92 Å². The van der Waals surface area contributed by atoms with E-state index in [0.717, 1.165) is 19.0 Å². The lowest BCUT2D eigenvalue weighted by molar-refractivity contribution is 0.757. The van der Waals surface area contributed by atoms with E-state index in [1.54, 1.807) is 0 Å². The van der Waals surface area contributed by atoms with Gasteiger partial charge in [-0.15, -0.1) is 0 Å². The molecule has 0 aliphatic heterocycles. The maximum absolute atomic E-state index is 3.40. The summed E-state index contributed by atoms with van der Waals surface area (Å²) in [4.78, 5) is 0. The van der Waals surface area contributed by atoms with Gasteiger partial charge in [-0.3, -0.25) is 0 Å². The maximum Gasteiger partial charge on any atom is 0.0208 e. The predicted octanol–water partition coefficient (Wildman–Crippen LogP) is 2.74. The van der Waals surface area contributed by atoms with Gasteiger partial charge in [-0.25, -0.2) is 0 Å². The first kappa shape index (κ1) is 9.47. The quantitative estimate of drug-likeness (QED) is 0.552. The SMILES string of the molecule is C(=C\C1CC1)/CNCc1ccccc1. The van der Waals surface area contributed by atoms with Crippen molar-refractivity contribution in [1.29, 1.82) is 0 Å². The molecular weight excluding hydrogens is 170 g/mol. The molecule has 0 aromatic heterocycles. The highest BCUT2D eigenvalue weighted by Crippen LogP contribution is 2.29. The molecule has 1 aromatic carbocycles. The Morgan fingerprint density at radius 2 is 2.00 bits per heavy atom. The number of nitrogens with one attached hydrogen (secondary N) is 1. The van der Waals surface area contributed by atoms with Crippen LogP contribution in [0.5, 0.6) is 0 Å². The van der Waals surface area contributed by atoms with Crippen LogP contribution in [0.3, 0.4) is 0 Å². The van der Waals surface area contributed by atoms with Crippen LogP contribution >= 0.6 is 0 Å². The smallest absolute Gasteiger partial charge is 0.0208 e. The first-order valence-corrected chi connectivity index (χ1v) is 5.36. The summed E-state index contributed by atoms with van der Waals surface area (Å²) in [7, 11) is 0. The van der Waals surface area contributed by atoms with Gasteiger partial charge in [0.25, 0.3) is 0 Å². The van der Waals surface area contributed by atoms with Crippen LogP contribution in [0.2, 0.25) is 0 Å². The second kappa shape index (κ2) is 4.97. The fourth-order valence-corrected chi connectivity index (χ4v) is 1.44. The third-order valence-corrected chi connectivity index (χ3v) is 2.46. The van der Waals surface area contributed by atoms with Gasteiger partial charge in [-0.05, 0) is 24.3 Å². The van der Waals surface area contributed by atoms with Gasteiger partial charge in [-0.1, -0.05) is 42.5 Å². The minimum absolute atomic E-state index is 0.897. The van der Waals surface area contributed by atoms with Gasteiger partial charge in [0.1, 0.15) is 0 Å². The molecule has 0 spiro atoms. The summed E-state index contributed by atoms with van der Waals surface area (Å²) >= 11 is 0. The summed E-state index contributed by atoms with van der Waals surface area (Å²) in [5.74, 6) is 0.897. The van der Waals surface area contributed by atoms with E-state index in [0.29, 0.717) is 0 Å². The lowest BCUT2D eigenvalue weighted by Crippen LogP contribution is -2.12. The van der Waals surface area contributed by atoms with Gasteiger partial charge in [0.15, 0.2) is 0 Å². The number of hydrogen-bond acceptors (Lipinski definition) is 1. The Labute approximate surface area is 85.8 Å². The van der Waals surface area contributed by atoms with Crippen LogP contribution in [0, 0.1) is 5.92 Å². The number of hydrogen-bond donors (Lipinski definition) is 1. The van der Waals surface area contributed by atoms with Crippen molar-refractivity contribution < 1.29 is 0 Å². The summed E-state index contributed by atoms with van der Waals surface area (Å²) in [6.45, 7) is 1.96. The molecule has 0 bridgehead atoms. The fraction of sp³-hybridized carbons (Fsp3) is 0.385. The van der Waals surface area contributed by atoms with Crippen molar-refractivity contribution in [1.82, 2.24) is 5.32 Å². The Kier molecular flexibility index (Phi) is 3.36. The normalized spacial score (nSPS) is 16.3. The average molecular weight is 187 g/mol. The van der Waals surface area contributed by atoms with Crippen molar-refractivity contribution in [3.8, 4) is 0 Å². The molecule has 14 heavy (non-hydrogen) atoms. The minimum Gasteiger partial charge on any atom is -0.309 e. The first-order valence-electron chi connectivity index (χ1n) is 5.36. The molecule has 0 heterocycles. The Morgan fingerprint density at radius 3 is 2.71 bits per heavy atom. The molecule has 0 saturated heterocycles. The van der Waals surface area contributed by atoms with Crippen molar-refractivity contribution in [2.75, 3.05) is 6.54 Å². The number of rotatable bonds is 5. The summed E-state index contributed by atoms with van der Waals surface area (Å²) in [5.41, 5.74) is 1.35. The van der Waals surface area contributed by atoms with E-state index < -0.39 is 0 Å². The molecule has 1 N–H and O–H groups in total. The van der Waals surface area contributed by atoms with Crippen LogP contribution in [0.4, 0.5) is 0 Å². The molecule has 1 nitrogen and oxygen atoms in total. The van der Waals surface area contributed by atoms with Crippen LogP contribution in [-0.2, 0) is 6.54 Å². The molecule has 2 rings (SSSR count). The zero-order valence-corrected chi connectivity index (χ0v) is 8.45. The summed E-state index contributed by atoms with van der Waals surface area (Å²) in [6, 6.07) is 10.5. The van der Waals surface area contributed by atoms with E-state index in [9.17, 15) is 0 Å². The minimum atomic E-state index is 0.897. The Morgan fingerprint density at radius 1 is 1.21 bits per heavy atom. The Bertz CT molecular complexity index is 285. The highest BCUT2D eigenvalue weighted by molar-refractivity contribution is 5.14. The second-order valence-electron chi connectivity index (χ2n) is 3.88. The van der Waals surface area contributed by atoms with E-state index >= 15 is 0 Å². The van der Waals surface area contributed by atoms with E-state index in [2.05, 4.69) is 47.8 Å². The van der Waals surface area contributed by atoms with Crippen LogP contribution in [0.25, 0.3) is 0 Å². The molecule has 1 aliphatic rings. The zero-order chi connectivity index (χ0) is 9.64. The van der Waals surface area contributed by atoms with Gasteiger partial charge in [0.2, 0.25) is 0 Å². The van der Waals surface area contributed by atoms with Crippen molar-refractivity contribution in [3.05, 3.63) is 48.0 Å². The summed E-state index contributed by atoms with van der Waals surface area (Å²) < 4.78 is 0. The van der Waals surface area contributed by atoms with Gasteiger partial charge in [0.05, 0.1) is 0 Å². The molecular formula is C13H17N.